The lowest BCUT2D eigenvalue weighted by molar-refractivity contribution is -0.136. The summed E-state index contributed by atoms with van der Waals surface area (Å²) in [5, 5.41) is 4.06. The zero-order chi connectivity index (χ0) is 16.6. The van der Waals surface area contributed by atoms with E-state index in [1.165, 1.54) is 7.05 Å². The van der Waals surface area contributed by atoms with Crippen molar-refractivity contribution in [2.45, 2.75) is 6.10 Å². The van der Waals surface area contributed by atoms with Crippen LogP contribution in [0.3, 0.4) is 0 Å². The number of fused-ring (bicyclic) bond motifs is 1. The van der Waals surface area contributed by atoms with Crippen LogP contribution in [0.25, 0.3) is 10.9 Å². The molecule has 6 nitrogen and oxygen atoms in total. The van der Waals surface area contributed by atoms with Gasteiger partial charge in [0.25, 0.3) is 11.8 Å². The van der Waals surface area contributed by atoms with Crippen molar-refractivity contribution in [3.8, 4) is 0 Å². The quantitative estimate of drug-likeness (QED) is 0.865. The summed E-state index contributed by atoms with van der Waals surface area (Å²) < 4.78 is 5.39. The number of nitrogens with zero attached hydrogens (tertiary/aromatic N) is 1. The second-order valence-electron chi connectivity index (χ2n) is 5.23. The van der Waals surface area contributed by atoms with Gasteiger partial charge in [0.1, 0.15) is 5.69 Å². The number of hydrogen-bond donors (Lipinski definition) is 2. The molecule has 0 saturated carbocycles. The van der Waals surface area contributed by atoms with Crippen LogP contribution in [0.15, 0.2) is 18.2 Å². The van der Waals surface area contributed by atoms with E-state index in [1.54, 1.807) is 23.1 Å². The van der Waals surface area contributed by atoms with Crippen molar-refractivity contribution in [3.63, 3.8) is 0 Å². The fraction of sp³-hybridized carbons (Fsp3) is 0.333. The summed E-state index contributed by atoms with van der Waals surface area (Å²) in [6.45, 7) is 0.954. The van der Waals surface area contributed by atoms with Crippen molar-refractivity contribution in [3.05, 3.63) is 33.9 Å². The number of rotatable bonds is 2. The summed E-state index contributed by atoms with van der Waals surface area (Å²) in [6.07, 6.45) is -0.653. The lowest BCUT2D eigenvalue weighted by Crippen LogP contribution is -2.51. The third kappa shape index (κ3) is 3.02. The standard InChI is InChI=1S/C15H15Cl2N3O3/c1-18-14(21)12-7-20(4-5-23-12)15(22)11-6-8-10(19-11)3-2-9(16)13(8)17/h2-3,6,12,19H,4-5,7H2,1H3,(H,18,21). The summed E-state index contributed by atoms with van der Waals surface area (Å²) in [4.78, 5) is 29.0. The maximum Gasteiger partial charge on any atom is 0.270 e. The number of halogens is 2. The SMILES string of the molecule is CNC(=O)C1CN(C(=O)c2cc3c(Cl)c(Cl)ccc3[nH]2)CCO1. The van der Waals surface area contributed by atoms with Gasteiger partial charge in [-0.05, 0) is 18.2 Å². The molecule has 2 heterocycles. The highest BCUT2D eigenvalue weighted by molar-refractivity contribution is 6.45. The van der Waals surface area contributed by atoms with Crippen LogP contribution in [0.4, 0.5) is 0 Å². The van der Waals surface area contributed by atoms with Gasteiger partial charge >= 0.3 is 0 Å². The van der Waals surface area contributed by atoms with Crippen LogP contribution in [0, 0.1) is 0 Å². The molecule has 1 aromatic heterocycles. The Hall–Kier alpha value is -1.76. The number of benzene rings is 1. The Balaban J connectivity index is 1.85. The molecule has 1 unspecified atom stereocenters. The molecule has 2 amide bonds. The summed E-state index contributed by atoms with van der Waals surface area (Å²) in [5.41, 5.74) is 1.14. The number of morpholine rings is 1. The molecule has 1 aromatic carbocycles. The minimum Gasteiger partial charge on any atom is -0.365 e. The van der Waals surface area contributed by atoms with Gasteiger partial charge in [0.15, 0.2) is 6.10 Å². The fourth-order valence-corrected chi connectivity index (χ4v) is 2.96. The molecule has 1 saturated heterocycles. The number of amides is 2. The van der Waals surface area contributed by atoms with Crippen molar-refractivity contribution < 1.29 is 14.3 Å². The van der Waals surface area contributed by atoms with E-state index in [0.717, 1.165) is 5.52 Å². The third-order valence-corrected chi connectivity index (χ3v) is 4.63. The van der Waals surface area contributed by atoms with Gasteiger partial charge in [0.2, 0.25) is 0 Å². The van der Waals surface area contributed by atoms with Crippen LogP contribution >= 0.6 is 23.2 Å². The molecule has 2 N–H and O–H groups in total. The van der Waals surface area contributed by atoms with Crippen LogP contribution in [0.5, 0.6) is 0 Å². The molecule has 0 radical (unpaired) electrons. The molecule has 1 aliphatic rings. The first-order chi connectivity index (χ1) is 11.0. The molecule has 122 valence electrons. The van der Waals surface area contributed by atoms with Crippen molar-refractivity contribution in [2.75, 3.05) is 26.7 Å². The second kappa shape index (κ2) is 6.39. The molecule has 3 rings (SSSR count). The van der Waals surface area contributed by atoms with Gasteiger partial charge in [0.05, 0.1) is 23.2 Å². The summed E-state index contributed by atoms with van der Waals surface area (Å²) in [5.74, 6) is -0.445. The van der Waals surface area contributed by atoms with Crippen LogP contribution in [0.1, 0.15) is 10.5 Å². The van der Waals surface area contributed by atoms with Crippen molar-refractivity contribution in [1.82, 2.24) is 15.2 Å². The van der Waals surface area contributed by atoms with Gasteiger partial charge in [-0.1, -0.05) is 23.2 Å². The van der Waals surface area contributed by atoms with Gasteiger partial charge < -0.3 is 19.9 Å². The average Bonchev–Trinajstić information content (AvgIpc) is 3.02. The molecule has 23 heavy (non-hydrogen) atoms. The van der Waals surface area contributed by atoms with Gasteiger partial charge in [-0.25, -0.2) is 0 Å². The maximum absolute atomic E-state index is 12.7. The number of carbonyl (C=O) groups excluding carboxylic acids is 2. The van der Waals surface area contributed by atoms with Gasteiger partial charge in [-0.15, -0.1) is 0 Å². The highest BCUT2D eigenvalue weighted by Gasteiger charge is 2.29. The molecular formula is C15H15Cl2N3O3. The molecule has 8 heteroatoms. The van der Waals surface area contributed by atoms with E-state index in [-0.39, 0.29) is 18.4 Å². The summed E-state index contributed by atoms with van der Waals surface area (Å²) in [6, 6.07) is 5.12. The predicted octanol–water partition coefficient (Wildman–Crippen LogP) is 2.06. The number of aromatic nitrogens is 1. The lowest BCUT2D eigenvalue weighted by atomic mass is 10.2. The molecule has 2 aromatic rings. The van der Waals surface area contributed by atoms with Gasteiger partial charge in [0, 0.05) is 24.5 Å². The number of hydrogen-bond acceptors (Lipinski definition) is 3. The van der Waals surface area contributed by atoms with Gasteiger partial charge in [-0.3, -0.25) is 9.59 Å². The lowest BCUT2D eigenvalue weighted by Gasteiger charge is -2.31. The first-order valence-electron chi connectivity index (χ1n) is 7.10. The first-order valence-corrected chi connectivity index (χ1v) is 7.86. The van der Waals surface area contributed by atoms with Gasteiger partial charge in [-0.2, -0.15) is 0 Å². The van der Waals surface area contributed by atoms with Crippen LogP contribution < -0.4 is 5.32 Å². The zero-order valence-corrected chi connectivity index (χ0v) is 13.9. The topological polar surface area (TPSA) is 74.4 Å². The largest absolute Gasteiger partial charge is 0.365 e. The summed E-state index contributed by atoms with van der Waals surface area (Å²) in [7, 11) is 1.54. The second-order valence-corrected chi connectivity index (χ2v) is 6.02. The fourth-order valence-electron chi connectivity index (χ4n) is 2.58. The van der Waals surface area contributed by atoms with Crippen molar-refractivity contribution in [1.29, 1.82) is 0 Å². The molecular weight excluding hydrogens is 341 g/mol. The summed E-state index contributed by atoms with van der Waals surface area (Å²) >= 11 is 12.2. The molecule has 1 fully saturated rings. The smallest absolute Gasteiger partial charge is 0.270 e. The van der Waals surface area contributed by atoms with E-state index >= 15 is 0 Å². The van der Waals surface area contributed by atoms with Crippen LogP contribution in [-0.2, 0) is 9.53 Å². The van der Waals surface area contributed by atoms with E-state index in [4.69, 9.17) is 27.9 Å². The molecule has 1 atom stereocenters. The average molecular weight is 356 g/mol. The monoisotopic (exact) mass is 355 g/mol. The normalized spacial score (nSPS) is 18.2. The van der Waals surface area contributed by atoms with E-state index in [9.17, 15) is 9.59 Å². The number of aromatic amines is 1. The highest BCUT2D eigenvalue weighted by Crippen LogP contribution is 2.31. The Morgan fingerprint density at radius 2 is 2.17 bits per heavy atom. The minimum absolute atomic E-state index is 0.203. The first kappa shape index (κ1) is 16.1. The molecule has 0 aliphatic carbocycles. The van der Waals surface area contributed by atoms with Crippen molar-refractivity contribution in [2.24, 2.45) is 0 Å². The predicted molar refractivity (Wildman–Crippen MR) is 88.0 cm³/mol. The zero-order valence-electron chi connectivity index (χ0n) is 12.4. The Kier molecular flexibility index (Phi) is 4.48. The maximum atomic E-state index is 12.7. The number of likely N-dealkylation sites (N-methyl/N-ethyl adjacent to an activating group) is 1. The molecule has 0 bridgehead atoms. The number of ether oxygens (including phenoxy) is 1. The molecule has 0 spiro atoms. The Labute approximate surface area is 142 Å². The number of carbonyl (C=O) groups is 2. The van der Waals surface area contributed by atoms with E-state index < -0.39 is 6.10 Å². The van der Waals surface area contributed by atoms with E-state index in [2.05, 4.69) is 10.3 Å². The van der Waals surface area contributed by atoms with E-state index in [1.807, 2.05) is 0 Å². The number of nitrogens with one attached hydrogen (secondary N) is 2. The Morgan fingerprint density at radius 1 is 1.39 bits per heavy atom. The molecule has 1 aliphatic heterocycles. The van der Waals surface area contributed by atoms with Crippen LogP contribution in [0.2, 0.25) is 10.0 Å². The Morgan fingerprint density at radius 3 is 2.91 bits per heavy atom. The third-order valence-electron chi connectivity index (χ3n) is 3.81. The van der Waals surface area contributed by atoms with Crippen LogP contribution in [-0.4, -0.2) is 54.5 Å². The minimum atomic E-state index is -0.653. The van der Waals surface area contributed by atoms with E-state index in [0.29, 0.717) is 34.3 Å². The number of H-pyrrole nitrogens is 1. The highest BCUT2D eigenvalue weighted by atomic mass is 35.5. The van der Waals surface area contributed by atoms with Crippen molar-refractivity contribution >= 4 is 45.9 Å². The Bertz CT molecular complexity index is 775.